The van der Waals surface area contributed by atoms with E-state index in [2.05, 4.69) is 0 Å². The first kappa shape index (κ1) is 10.6. The Labute approximate surface area is 65.5 Å². The Morgan fingerprint density at radius 3 is 2.45 bits per heavy atom. The average Bonchev–Trinajstić information content (AvgIpc) is 1.88. The quantitative estimate of drug-likeness (QED) is 0.456. The van der Waals surface area contributed by atoms with Crippen molar-refractivity contribution in [1.82, 2.24) is 0 Å². The van der Waals surface area contributed by atoms with Crippen LogP contribution in [0.5, 0.6) is 0 Å². The van der Waals surface area contributed by atoms with Gasteiger partial charge in [0.05, 0.1) is 11.7 Å². The molecule has 0 fully saturated rings. The van der Waals surface area contributed by atoms with Gasteiger partial charge < -0.3 is 20.1 Å². The van der Waals surface area contributed by atoms with Crippen LogP contribution < -0.4 is 0 Å². The minimum atomic E-state index is -1.46. The number of hydrogen-bond donors (Lipinski definition) is 3. The van der Waals surface area contributed by atoms with Crippen molar-refractivity contribution in [3.8, 4) is 0 Å². The Morgan fingerprint density at radius 2 is 2.18 bits per heavy atom. The van der Waals surface area contributed by atoms with Gasteiger partial charge in [0.2, 0.25) is 0 Å². The molecule has 0 aromatic rings. The van der Waals surface area contributed by atoms with E-state index in [1.165, 1.54) is 6.92 Å². The van der Waals surface area contributed by atoms with Crippen LogP contribution in [0.3, 0.4) is 0 Å². The van der Waals surface area contributed by atoms with Gasteiger partial charge in [-0.15, -0.1) is 0 Å². The molecule has 0 heterocycles. The van der Waals surface area contributed by atoms with E-state index in [4.69, 9.17) is 10.2 Å². The summed E-state index contributed by atoms with van der Waals surface area (Å²) in [5, 5.41) is 27.0. The lowest BCUT2D eigenvalue weighted by Crippen LogP contribution is -2.41. The fourth-order valence-corrected chi connectivity index (χ4v) is 0.819. The summed E-state index contributed by atoms with van der Waals surface area (Å²) in [7, 11) is 0. The average molecular weight is 162 g/mol. The first-order chi connectivity index (χ1) is 5.06. The van der Waals surface area contributed by atoms with Gasteiger partial charge in [-0.3, -0.25) is 0 Å². The molecule has 2 atom stereocenters. The van der Waals surface area contributed by atoms with Crippen molar-refractivity contribution in [2.75, 3.05) is 6.61 Å². The van der Waals surface area contributed by atoms with E-state index in [1.54, 1.807) is 0 Å². The molecule has 0 aliphatic heterocycles. The van der Waals surface area contributed by atoms with E-state index in [1.807, 2.05) is 0 Å². The largest absolute Gasteiger partial charge is 0.396 e. The molecule has 0 spiro atoms. The lowest BCUT2D eigenvalue weighted by molar-refractivity contribution is -0.121. The van der Waals surface area contributed by atoms with Crippen LogP contribution in [0.1, 0.15) is 19.8 Å². The number of aliphatic hydroxyl groups is 3. The minimum Gasteiger partial charge on any atom is -0.396 e. The number of aliphatic hydroxyl groups excluding tert-OH is 2. The fraction of sp³-hybridized carbons (Fsp3) is 0.857. The molecular formula is C7H14O4. The SMILES string of the molecule is CC(O)C(O)(CC=O)CCO. The van der Waals surface area contributed by atoms with Crippen LogP contribution in [-0.2, 0) is 4.79 Å². The minimum absolute atomic E-state index is 0.0173. The summed E-state index contributed by atoms with van der Waals surface area (Å²) < 4.78 is 0. The van der Waals surface area contributed by atoms with Crippen LogP contribution in [0.2, 0.25) is 0 Å². The van der Waals surface area contributed by atoms with Crippen molar-refractivity contribution in [1.29, 1.82) is 0 Å². The molecule has 0 aliphatic rings. The maximum absolute atomic E-state index is 10.0. The monoisotopic (exact) mass is 162 g/mol. The lowest BCUT2D eigenvalue weighted by atomic mass is 9.91. The topological polar surface area (TPSA) is 77.8 Å². The second-order valence-electron chi connectivity index (χ2n) is 2.62. The van der Waals surface area contributed by atoms with Gasteiger partial charge in [-0.25, -0.2) is 0 Å². The third-order valence-electron chi connectivity index (χ3n) is 1.76. The van der Waals surface area contributed by atoms with Gasteiger partial charge in [-0.1, -0.05) is 0 Å². The molecule has 2 unspecified atom stereocenters. The molecule has 0 saturated heterocycles. The lowest BCUT2D eigenvalue weighted by Gasteiger charge is -2.28. The van der Waals surface area contributed by atoms with Gasteiger partial charge in [0.15, 0.2) is 0 Å². The molecule has 0 bridgehead atoms. The second-order valence-corrected chi connectivity index (χ2v) is 2.62. The maximum atomic E-state index is 10.0. The predicted molar refractivity (Wildman–Crippen MR) is 39.0 cm³/mol. The Hall–Kier alpha value is -0.450. The Kier molecular flexibility index (Phi) is 4.25. The van der Waals surface area contributed by atoms with Crippen LogP contribution in [0.15, 0.2) is 0 Å². The van der Waals surface area contributed by atoms with Gasteiger partial charge in [0, 0.05) is 19.4 Å². The molecule has 0 aliphatic carbocycles. The number of aldehydes is 1. The van der Waals surface area contributed by atoms with Crippen LogP contribution in [-0.4, -0.2) is 39.9 Å². The molecule has 11 heavy (non-hydrogen) atoms. The first-order valence-electron chi connectivity index (χ1n) is 3.52. The first-order valence-corrected chi connectivity index (χ1v) is 3.52. The molecule has 3 N–H and O–H groups in total. The molecule has 0 aromatic carbocycles. The normalized spacial score (nSPS) is 18.9. The van der Waals surface area contributed by atoms with Crippen LogP contribution in [0, 0.1) is 0 Å². The van der Waals surface area contributed by atoms with Crippen molar-refractivity contribution < 1.29 is 20.1 Å². The number of rotatable bonds is 5. The smallest absolute Gasteiger partial charge is 0.122 e. The second kappa shape index (κ2) is 4.43. The molecule has 0 rings (SSSR count). The highest BCUT2D eigenvalue weighted by Crippen LogP contribution is 2.18. The predicted octanol–water partition coefficient (Wildman–Crippen LogP) is -0.930. The van der Waals surface area contributed by atoms with Crippen molar-refractivity contribution in [3.63, 3.8) is 0 Å². The molecule has 4 nitrogen and oxygen atoms in total. The molecule has 0 aromatic heterocycles. The van der Waals surface area contributed by atoms with Crippen LogP contribution >= 0.6 is 0 Å². The highest BCUT2D eigenvalue weighted by atomic mass is 16.3. The summed E-state index contributed by atoms with van der Waals surface area (Å²) in [4.78, 5) is 10.0. The van der Waals surface area contributed by atoms with Crippen LogP contribution in [0.4, 0.5) is 0 Å². The summed E-state index contributed by atoms with van der Waals surface area (Å²) >= 11 is 0. The number of hydrogen-bond acceptors (Lipinski definition) is 4. The fourth-order valence-electron chi connectivity index (χ4n) is 0.819. The highest BCUT2D eigenvalue weighted by Gasteiger charge is 2.31. The van der Waals surface area contributed by atoms with E-state index in [0.29, 0.717) is 6.29 Å². The Bertz CT molecular complexity index is 124. The van der Waals surface area contributed by atoms with E-state index in [0.717, 1.165) is 0 Å². The summed E-state index contributed by atoms with van der Waals surface area (Å²) in [6.45, 7) is 1.15. The van der Waals surface area contributed by atoms with Crippen molar-refractivity contribution in [2.24, 2.45) is 0 Å². The summed E-state index contributed by atoms with van der Waals surface area (Å²) in [5.74, 6) is 0. The van der Waals surface area contributed by atoms with Crippen molar-refractivity contribution >= 4 is 6.29 Å². The zero-order chi connectivity index (χ0) is 8.91. The summed E-state index contributed by atoms with van der Waals surface area (Å²) in [6.07, 6.45) is -0.600. The van der Waals surface area contributed by atoms with E-state index in [-0.39, 0.29) is 19.4 Å². The number of carbonyl (C=O) groups excluding carboxylic acids is 1. The molecule has 4 heteroatoms. The van der Waals surface area contributed by atoms with E-state index >= 15 is 0 Å². The van der Waals surface area contributed by atoms with Gasteiger partial charge in [-0.2, -0.15) is 0 Å². The van der Waals surface area contributed by atoms with Crippen molar-refractivity contribution in [2.45, 2.75) is 31.5 Å². The van der Waals surface area contributed by atoms with Gasteiger partial charge >= 0.3 is 0 Å². The molecule has 0 amide bonds. The third kappa shape index (κ3) is 2.96. The van der Waals surface area contributed by atoms with Crippen molar-refractivity contribution in [3.05, 3.63) is 0 Å². The molecular weight excluding hydrogens is 148 g/mol. The molecule has 0 saturated carbocycles. The molecule has 0 radical (unpaired) electrons. The Morgan fingerprint density at radius 1 is 1.64 bits per heavy atom. The Balaban J connectivity index is 4.12. The zero-order valence-electron chi connectivity index (χ0n) is 6.53. The standard InChI is InChI=1S/C7H14O4/c1-6(10)7(11,2-4-8)3-5-9/h4,6,9-11H,2-3,5H2,1H3. The van der Waals surface area contributed by atoms with Gasteiger partial charge in [-0.05, 0) is 6.92 Å². The van der Waals surface area contributed by atoms with Gasteiger partial charge in [0.25, 0.3) is 0 Å². The third-order valence-corrected chi connectivity index (χ3v) is 1.76. The highest BCUT2D eigenvalue weighted by molar-refractivity contribution is 5.51. The van der Waals surface area contributed by atoms with E-state index < -0.39 is 11.7 Å². The summed E-state index contributed by atoms with van der Waals surface area (Å²) in [5.41, 5.74) is -1.46. The maximum Gasteiger partial charge on any atom is 0.122 e. The number of carbonyl (C=O) groups is 1. The van der Waals surface area contributed by atoms with Crippen LogP contribution in [0.25, 0.3) is 0 Å². The van der Waals surface area contributed by atoms with Gasteiger partial charge in [0.1, 0.15) is 6.29 Å². The summed E-state index contributed by atoms with van der Waals surface area (Å²) in [6, 6.07) is 0. The van der Waals surface area contributed by atoms with E-state index in [9.17, 15) is 9.90 Å². The zero-order valence-corrected chi connectivity index (χ0v) is 6.53. The molecule has 66 valence electrons.